The van der Waals surface area contributed by atoms with Crippen LogP contribution in [0.2, 0.25) is 0 Å². The second-order valence-corrected chi connectivity index (χ2v) is 7.93. The van der Waals surface area contributed by atoms with Crippen molar-refractivity contribution in [2.75, 3.05) is 0 Å². The molecule has 0 saturated carbocycles. The summed E-state index contributed by atoms with van der Waals surface area (Å²) in [6, 6.07) is 12.8. The van der Waals surface area contributed by atoms with Crippen molar-refractivity contribution in [3.05, 3.63) is 65.2 Å². The number of ether oxygens (including phenoxy) is 1. The van der Waals surface area contributed by atoms with Crippen molar-refractivity contribution in [1.82, 2.24) is 4.90 Å². The Balaban J connectivity index is 1.83. The largest absolute Gasteiger partial charge is 0.481 e. The molecule has 0 aliphatic carbocycles. The molecule has 4 nitrogen and oxygen atoms in total. The van der Waals surface area contributed by atoms with Gasteiger partial charge in [-0.1, -0.05) is 49.7 Å². The van der Waals surface area contributed by atoms with Gasteiger partial charge < -0.3 is 9.64 Å². The summed E-state index contributed by atoms with van der Waals surface area (Å²) in [6.07, 6.45) is -2.85. The first kappa shape index (κ1) is 22.8. The van der Waals surface area contributed by atoms with Crippen LogP contribution in [-0.2, 0) is 17.5 Å². The van der Waals surface area contributed by atoms with Gasteiger partial charge in [0.2, 0.25) is 0 Å². The lowest BCUT2D eigenvalue weighted by Gasteiger charge is -2.31. The lowest BCUT2D eigenvalue weighted by Crippen LogP contribution is -2.45. The number of benzene rings is 2. The molecule has 1 aliphatic rings. The van der Waals surface area contributed by atoms with E-state index in [2.05, 4.69) is 4.99 Å². The van der Waals surface area contributed by atoms with Gasteiger partial charge in [-0.2, -0.15) is 13.2 Å². The Kier molecular flexibility index (Phi) is 7.03. The summed E-state index contributed by atoms with van der Waals surface area (Å²) in [4.78, 5) is 18.9. The number of hydrogen-bond donors (Lipinski definition) is 0. The molecule has 1 aliphatic heterocycles. The number of alkyl halides is 3. The van der Waals surface area contributed by atoms with Crippen LogP contribution in [0.15, 0.2) is 53.5 Å². The van der Waals surface area contributed by atoms with Crippen molar-refractivity contribution < 1.29 is 22.7 Å². The lowest BCUT2D eigenvalue weighted by molar-refractivity contribution is -0.141. The Morgan fingerprint density at radius 3 is 2.39 bits per heavy atom. The topological polar surface area (TPSA) is 41.9 Å². The molecule has 3 rings (SSSR count). The Morgan fingerprint density at radius 2 is 1.84 bits per heavy atom. The molecule has 2 atom stereocenters. The highest BCUT2D eigenvalue weighted by Gasteiger charge is 2.37. The van der Waals surface area contributed by atoms with Crippen LogP contribution >= 0.6 is 0 Å². The summed E-state index contributed by atoms with van der Waals surface area (Å²) >= 11 is 0. The Morgan fingerprint density at radius 1 is 1.16 bits per heavy atom. The molecule has 2 aromatic rings. The van der Waals surface area contributed by atoms with Gasteiger partial charge in [-0.25, -0.2) is 0 Å². The third kappa shape index (κ3) is 5.87. The highest BCUT2D eigenvalue weighted by molar-refractivity contribution is 5.82. The SMILES string of the molecule is CCCC(Oc1ccc(C2C=N2)c(C(F)(F)F)c1)C(=O)N(Cc1ccccc1)C(C)C. The average Bonchev–Trinajstić information content (AvgIpc) is 3.56. The second kappa shape index (κ2) is 9.54. The van der Waals surface area contributed by atoms with Gasteiger partial charge in [0.05, 0.1) is 5.56 Å². The predicted molar refractivity (Wildman–Crippen MR) is 114 cm³/mol. The van der Waals surface area contributed by atoms with E-state index >= 15 is 0 Å². The predicted octanol–water partition coefficient (Wildman–Crippen LogP) is 5.82. The van der Waals surface area contributed by atoms with E-state index in [1.165, 1.54) is 18.3 Å². The summed E-state index contributed by atoms with van der Waals surface area (Å²) in [7, 11) is 0. The molecule has 7 heteroatoms. The van der Waals surface area contributed by atoms with E-state index in [9.17, 15) is 18.0 Å². The van der Waals surface area contributed by atoms with Crippen LogP contribution in [0.5, 0.6) is 5.75 Å². The van der Waals surface area contributed by atoms with E-state index in [0.29, 0.717) is 19.4 Å². The smallest absolute Gasteiger partial charge is 0.416 e. The maximum atomic E-state index is 13.6. The molecule has 2 unspecified atom stereocenters. The van der Waals surface area contributed by atoms with E-state index in [0.717, 1.165) is 11.6 Å². The van der Waals surface area contributed by atoms with E-state index in [1.807, 2.05) is 51.1 Å². The number of carbonyl (C=O) groups is 1. The molecule has 0 fully saturated rings. The van der Waals surface area contributed by atoms with Gasteiger partial charge in [-0.15, -0.1) is 0 Å². The fourth-order valence-corrected chi connectivity index (χ4v) is 3.46. The summed E-state index contributed by atoms with van der Waals surface area (Å²) in [5.74, 6) is -0.198. The van der Waals surface area contributed by atoms with Crippen molar-refractivity contribution in [3.63, 3.8) is 0 Å². The van der Waals surface area contributed by atoms with Crippen molar-refractivity contribution in [3.8, 4) is 5.75 Å². The van der Waals surface area contributed by atoms with Gasteiger partial charge in [0, 0.05) is 18.8 Å². The zero-order valence-corrected chi connectivity index (χ0v) is 17.9. The van der Waals surface area contributed by atoms with E-state index in [4.69, 9.17) is 4.74 Å². The third-order valence-corrected chi connectivity index (χ3v) is 5.15. The first-order valence-corrected chi connectivity index (χ1v) is 10.5. The lowest BCUT2D eigenvalue weighted by atomic mass is 10.0. The molecule has 2 aromatic carbocycles. The molecule has 0 spiro atoms. The van der Waals surface area contributed by atoms with Gasteiger partial charge in [-0.05, 0) is 43.5 Å². The van der Waals surface area contributed by atoms with Crippen molar-refractivity contribution in [2.24, 2.45) is 4.99 Å². The van der Waals surface area contributed by atoms with Gasteiger partial charge in [0.25, 0.3) is 5.91 Å². The molecule has 0 aromatic heterocycles. The van der Waals surface area contributed by atoms with E-state index < -0.39 is 23.9 Å². The van der Waals surface area contributed by atoms with Crippen LogP contribution in [0.3, 0.4) is 0 Å². The number of aliphatic imine (C=N–C) groups is 1. The zero-order valence-electron chi connectivity index (χ0n) is 17.9. The Hall–Kier alpha value is -2.83. The normalized spacial score (nSPS) is 16.3. The fourth-order valence-electron chi connectivity index (χ4n) is 3.46. The quantitative estimate of drug-likeness (QED) is 0.501. The van der Waals surface area contributed by atoms with Gasteiger partial charge in [0.15, 0.2) is 6.10 Å². The summed E-state index contributed by atoms with van der Waals surface area (Å²) in [5, 5.41) is 0. The fraction of sp³-hybridized carbons (Fsp3) is 0.417. The number of amides is 1. The Bertz CT molecular complexity index is 920. The van der Waals surface area contributed by atoms with Crippen molar-refractivity contribution >= 4 is 12.1 Å². The molecule has 31 heavy (non-hydrogen) atoms. The minimum Gasteiger partial charge on any atom is -0.481 e. The van der Waals surface area contributed by atoms with E-state index in [1.54, 1.807) is 4.90 Å². The first-order valence-electron chi connectivity index (χ1n) is 10.5. The maximum Gasteiger partial charge on any atom is 0.416 e. The van der Waals surface area contributed by atoms with Crippen LogP contribution < -0.4 is 4.74 Å². The van der Waals surface area contributed by atoms with Crippen LogP contribution in [0.25, 0.3) is 0 Å². The van der Waals surface area contributed by atoms with Gasteiger partial charge in [0.1, 0.15) is 11.8 Å². The first-order chi connectivity index (χ1) is 14.7. The molecule has 0 N–H and O–H groups in total. The molecular formula is C24H27F3N2O2. The minimum absolute atomic E-state index is 0.0342. The molecule has 0 saturated heterocycles. The summed E-state index contributed by atoms with van der Waals surface area (Å²) < 4.78 is 46.5. The number of nitrogens with zero attached hydrogens (tertiary/aromatic N) is 2. The number of carbonyl (C=O) groups excluding carboxylic acids is 1. The highest BCUT2D eigenvalue weighted by atomic mass is 19.4. The molecule has 166 valence electrons. The highest BCUT2D eigenvalue weighted by Crippen LogP contribution is 2.40. The van der Waals surface area contributed by atoms with Gasteiger partial charge >= 0.3 is 6.18 Å². The average molecular weight is 432 g/mol. The van der Waals surface area contributed by atoms with Crippen LogP contribution in [-0.4, -0.2) is 29.2 Å². The summed E-state index contributed by atoms with van der Waals surface area (Å²) in [6.45, 7) is 6.15. The molecular weight excluding hydrogens is 405 g/mol. The number of halogens is 3. The summed E-state index contributed by atoms with van der Waals surface area (Å²) in [5.41, 5.74) is 0.305. The number of hydrogen-bond acceptors (Lipinski definition) is 3. The standard InChI is InChI=1S/C24H27F3N2O2/c1-4-8-22(23(30)29(16(2)3)15-17-9-6-5-7-10-17)31-18-11-12-19(21-14-28-21)20(13-18)24(25,26)27/h5-7,9-14,16,21-22H,4,8,15H2,1-3H3. The van der Waals surface area contributed by atoms with Crippen LogP contribution in [0, 0.1) is 0 Å². The van der Waals surface area contributed by atoms with Crippen LogP contribution in [0.1, 0.15) is 56.3 Å². The van der Waals surface area contributed by atoms with Crippen molar-refractivity contribution in [2.45, 2.75) is 64.5 Å². The number of rotatable bonds is 9. The van der Waals surface area contributed by atoms with Gasteiger partial charge in [-0.3, -0.25) is 9.79 Å². The Labute approximate surface area is 180 Å². The van der Waals surface area contributed by atoms with E-state index in [-0.39, 0.29) is 23.3 Å². The zero-order chi connectivity index (χ0) is 22.6. The second-order valence-electron chi connectivity index (χ2n) is 7.93. The monoisotopic (exact) mass is 432 g/mol. The molecule has 1 heterocycles. The molecule has 0 bridgehead atoms. The minimum atomic E-state index is -4.53. The molecule has 1 amide bonds. The van der Waals surface area contributed by atoms with Crippen molar-refractivity contribution in [1.29, 1.82) is 0 Å². The molecule has 0 radical (unpaired) electrons. The van der Waals surface area contributed by atoms with Crippen LogP contribution in [0.4, 0.5) is 13.2 Å². The third-order valence-electron chi connectivity index (χ3n) is 5.15. The maximum absolute atomic E-state index is 13.6.